The number of aryl methyl sites for hydroxylation is 1. The van der Waals surface area contributed by atoms with Crippen LogP contribution in [0, 0.1) is 0 Å². The van der Waals surface area contributed by atoms with Crippen LogP contribution in [-0.4, -0.2) is 30.0 Å². The van der Waals surface area contributed by atoms with E-state index < -0.39 is 0 Å². The molecule has 7 nitrogen and oxygen atoms in total. The van der Waals surface area contributed by atoms with Crippen molar-refractivity contribution in [2.45, 2.75) is 6.54 Å². The van der Waals surface area contributed by atoms with E-state index in [1.807, 2.05) is 0 Å². The Balaban J connectivity index is 2.23. The molecule has 0 aliphatic rings. The van der Waals surface area contributed by atoms with Crippen molar-refractivity contribution in [3.05, 3.63) is 16.5 Å². The predicted molar refractivity (Wildman–Crippen MR) is 52.2 cm³/mol. The number of nitrogens with zero attached hydrogens (tertiary/aromatic N) is 6. The Hall–Kier alpha value is -1.44. The van der Waals surface area contributed by atoms with Crippen LogP contribution in [0.4, 0.5) is 5.82 Å². The molecule has 0 saturated carbocycles. The van der Waals surface area contributed by atoms with E-state index in [2.05, 4.69) is 36.6 Å². The number of nitrogen functional groups attached to an aromatic ring is 1. The summed E-state index contributed by atoms with van der Waals surface area (Å²) in [6.45, 7) is 0.499. The molecule has 0 saturated heterocycles. The lowest BCUT2D eigenvalue weighted by molar-refractivity contribution is 0.607. The molecular weight excluding hydrogens is 250 g/mol. The zero-order valence-corrected chi connectivity index (χ0v) is 9.01. The first-order chi connectivity index (χ1) is 6.66. The number of nitrogens with two attached hydrogens (primary N) is 1. The standard InChI is InChI=1S/C6H8BrN7/c1-13-5(9-11-12-13)3-14-2-4(7)6(8)10-14/h2H,3H2,1H3,(H2,8,10). The van der Waals surface area contributed by atoms with E-state index in [1.165, 1.54) is 0 Å². The third kappa shape index (κ3) is 1.60. The highest BCUT2D eigenvalue weighted by molar-refractivity contribution is 9.10. The van der Waals surface area contributed by atoms with Crippen LogP contribution in [0.15, 0.2) is 10.7 Å². The zero-order chi connectivity index (χ0) is 10.1. The fourth-order valence-corrected chi connectivity index (χ4v) is 1.34. The van der Waals surface area contributed by atoms with Gasteiger partial charge in [-0.3, -0.25) is 4.68 Å². The lowest BCUT2D eigenvalue weighted by Gasteiger charge is -1.97. The summed E-state index contributed by atoms with van der Waals surface area (Å²) in [4.78, 5) is 0. The van der Waals surface area contributed by atoms with Crippen molar-refractivity contribution in [3.63, 3.8) is 0 Å². The highest BCUT2D eigenvalue weighted by Crippen LogP contribution is 2.16. The number of aromatic nitrogens is 6. The molecule has 8 heteroatoms. The molecule has 0 unspecified atom stereocenters. The summed E-state index contributed by atoms with van der Waals surface area (Å²) in [5, 5.41) is 15.1. The first-order valence-electron chi connectivity index (χ1n) is 3.86. The zero-order valence-electron chi connectivity index (χ0n) is 7.42. The summed E-state index contributed by atoms with van der Waals surface area (Å²) in [6, 6.07) is 0. The van der Waals surface area contributed by atoms with Crippen LogP contribution < -0.4 is 5.73 Å². The third-order valence-corrected chi connectivity index (χ3v) is 2.37. The van der Waals surface area contributed by atoms with Gasteiger partial charge in [-0.05, 0) is 26.4 Å². The van der Waals surface area contributed by atoms with Crippen molar-refractivity contribution in [1.29, 1.82) is 0 Å². The van der Waals surface area contributed by atoms with Crippen LogP contribution in [0.3, 0.4) is 0 Å². The van der Waals surface area contributed by atoms with E-state index in [4.69, 9.17) is 5.73 Å². The van der Waals surface area contributed by atoms with Gasteiger partial charge in [-0.15, -0.1) is 5.10 Å². The van der Waals surface area contributed by atoms with Crippen molar-refractivity contribution in [3.8, 4) is 0 Å². The maximum Gasteiger partial charge on any atom is 0.172 e. The van der Waals surface area contributed by atoms with Crippen LogP contribution >= 0.6 is 15.9 Å². The quantitative estimate of drug-likeness (QED) is 0.805. The van der Waals surface area contributed by atoms with Gasteiger partial charge in [-0.2, -0.15) is 5.10 Å². The Bertz CT molecular complexity index is 425. The smallest absolute Gasteiger partial charge is 0.172 e. The van der Waals surface area contributed by atoms with E-state index >= 15 is 0 Å². The van der Waals surface area contributed by atoms with Crippen LogP contribution in [0.25, 0.3) is 0 Å². The Morgan fingerprint density at radius 1 is 1.57 bits per heavy atom. The van der Waals surface area contributed by atoms with Gasteiger partial charge >= 0.3 is 0 Å². The normalized spacial score (nSPS) is 10.7. The second-order valence-electron chi connectivity index (χ2n) is 2.78. The summed E-state index contributed by atoms with van der Waals surface area (Å²) < 4.78 is 4.03. The number of halogens is 1. The largest absolute Gasteiger partial charge is 0.381 e. The molecule has 0 amide bonds. The van der Waals surface area contributed by atoms with Gasteiger partial charge in [-0.25, -0.2) is 4.68 Å². The molecule has 74 valence electrons. The molecule has 0 fully saturated rings. The third-order valence-electron chi connectivity index (χ3n) is 1.75. The number of hydrogen-bond donors (Lipinski definition) is 1. The first kappa shape index (κ1) is 9.13. The molecule has 0 aliphatic heterocycles. The Kier molecular flexibility index (Phi) is 2.20. The number of hydrogen-bond acceptors (Lipinski definition) is 5. The summed E-state index contributed by atoms with van der Waals surface area (Å²) in [7, 11) is 1.78. The van der Waals surface area contributed by atoms with Crippen molar-refractivity contribution in [1.82, 2.24) is 30.0 Å². The molecule has 14 heavy (non-hydrogen) atoms. The van der Waals surface area contributed by atoms with Crippen molar-refractivity contribution in [2.75, 3.05) is 5.73 Å². The molecule has 0 atom stereocenters. The number of tetrazole rings is 1. The van der Waals surface area contributed by atoms with Gasteiger partial charge in [0.1, 0.15) is 6.54 Å². The van der Waals surface area contributed by atoms with Crippen LogP contribution in [0.2, 0.25) is 0 Å². The summed E-state index contributed by atoms with van der Waals surface area (Å²) in [5.41, 5.74) is 5.57. The summed E-state index contributed by atoms with van der Waals surface area (Å²) >= 11 is 3.27. The minimum absolute atomic E-state index is 0.458. The van der Waals surface area contributed by atoms with Crippen molar-refractivity contribution in [2.24, 2.45) is 7.05 Å². The van der Waals surface area contributed by atoms with Crippen molar-refractivity contribution < 1.29 is 0 Å². The van der Waals surface area contributed by atoms with Gasteiger partial charge in [0, 0.05) is 13.2 Å². The average Bonchev–Trinajstić information content (AvgIpc) is 2.63. The molecule has 2 aromatic heterocycles. The molecule has 2 heterocycles. The summed E-state index contributed by atoms with van der Waals surface area (Å²) in [6.07, 6.45) is 1.78. The predicted octanol–water partition coefficient (Wildman–Crippen LogP) is -0.200. The van der Waals surface area contributed by atoms with E-state index in [1.54, 1.807) is 22.6 Å². The molecule has 2 aromatic rings. The first-order valence-corrected chi connectivity index (χ1v) is 4.66. The van der Waals surface area contributed by atoms with Crippen LogP contribution in [0.1, 0.15) is 5.82 Å². The highest BCUT2D eigenvalue weighted by atomic mass is 79.9. The van der Waals surface area contributed by atoms with Gasteiger partial charge in [0.2, 0.25) is 0 Å². The highest BCUT2D eigenvalue weighted by Gasteiger charge is 2.06. The van der Waals surface area contributed by atoms with Gasteiger partial charge in [0.05, 0.1) is 4.47 Å². The Morgan fingerprint density at radius 3 is 2.86 bits per heavy atom. The van der Waals surface area contributed by atoms with E-state index in [0.29, 0.717) is 12.4 Å². The Labute approximate surface area is 88.0 Å². The SMILES string of the molecule is Cn1nnnc1Cn1cc(Br)c(N)n1. The van der Waals surface area contributed by atoms with Crippen LogP contribution in [0.5, 0.6) is 0 Å². The van der Waals surface area contributed by atoms with E-state index in [9.17, 15) is 0 Å². The number of rotatable bonds is 2. The van der Waals surface area contributed by atoms with Crippen LogP contribution in [-0.2, 0) is 13.6 Å². The molecular formula is C6H8BrN7. The average molecular weight is 258 g/mol. The van der Waals surface area contributed by atoms with E-state index in [-0.39, 0.29) is 0 Å². The number of anilines is 1. The maximum atomic E-state index is 5.57. The maximum absolute atomic E-state index is 5.57. The molecule has 0 aromatic carbocycles. The second-order valence-corrected chi connectivity index (χ2v) is 3.63. The second kappa shape index (κ2) is 3.37. The van der Waals surface area contributed by atoms with Gasteiger partial charge < -0.3 is 5.73 Å². The van der Waals surface area contributed by atoms with Crippen molar-refractivity contribution >= 4 is 21.7 Å². The lowest BCUT2D eigenvalue weighted by atomic mass is 10.6. The fraction of sp³-hybridized carbons (Fsp3) is 0.333. The molecule has 0 aliphatic carbocycles. The molecule has 2 rings (SSSR count). The van der Waals surface area contributed by atoms with Gasteiger partial charge in [0.15, 0.2) is 11.6 Å². The summed E-state index contributed by atoms with van der Waals surface area (Å²) in [5.74, 6) is 1.18. The topological polar surface area (TPSA) is 87.4 Å². The fourth-order valence-electron chi connectivity index (χ4n) is 1.02. The van der Waals surface area contributed by atoms with Gasteiger partial charge in [-0.1, -0.05) is 0 Å². The minimum Gasteiger partial charge on any atom is -0.381 e. The molecule has 0 radical (unpaired) electrons. The molecule has 0 bridgehead atoms. The Morgan fingerprint density at radius 2 is 2.36 bits per heavy atom. The monoisotopic (exact) mass is 257 g/mol. The lowest BCUT2D eigenvalue weighted by Crippen LogP contribution is -2.07. The molecule has 0 spiro atoms. The van der Waals surface area contributed by atoms with E-state index in [0.717, 1.165) is 10.3 Å². The minimum atomic E-state index is 0.458. The van der Waals surface area contributed by atoms with Gasteiger partial charge in [0.25, 0.3) is 0 Å². The molecule has 2 N–H and O–H groups in total.